The highest BCUT2D eigenvalue weighted by Gasteiger charge is 2.18. The van der Waals surface area contributed by atoms with E-state index in [1.165, 1.54) is 19.8 Å². The molecule has 0 fully saturated rings. The Hall–Kier alpha value is -6.28. The number of fused-ring (bicyclic) bond motifs is 2. The summed E-state index contributed by atoms with van der Waals surface area (Å²) >= 11 is 0. The number of nitrogens with zero attached hydrogens (tertiary/aromatic N) is 7. The van der Waals surface area contributed by atoms with Gasteiger partial charge in [0.1, 0.15) is 55.0 Å². The highest BCUT2D eigenvalue weighted by molar-refractivity contribution is 6.00. The summed E-state index contributed by atoms with van der Waals surface area (Å²) in [6.45, 7) is 7.92. The highest BCUT2D eigenvalue weighted by Crippen LogP contribution is 2.21. The van der Waals surface area contributed by atoms with Crippen LogP contribution >= 0.6 is 0 Å². The standard InChI is InChI=1S/C21H22N4O2.C11H13N3O2.C10H11NO/c1-15-12-13-17-7-4-11-20(21(17)22-15)25-27-14-6-9-18-8-5-10-19(23-18)16(2)24-26-3;1-9(14-15-2)11-7-3-5-10(13-11)6-4-8-16-12;1-7-5-6-8-3-2-4-9(12)10(8)11-7/h5,8,10,12-13H,4,7,11,14H2,1-3H3;3,5,7H,8,12H2,1-2H3;5-6H,2-4H2,1H3/b24-16+,25-20+;14-9+;. The monoisotopic (exact) mass is 742 g/mol. The van der Waals surface area contributed by atoms with Gasteiger partial charge in [0.05, 0.1) is 17.1 Å². The Morgan fingerprint density at radius 2 is 1.22 bits per heavy atom. The van der Waals surface area contributed by atoms with Gasteiger partial charge in [-0.1, -0.05) is 51.6 Å². The molecule has 6 rings (SSSR count). The number of hydrogen-bond acceptors (Lipinski definition) is 13. The smallest absolute Gasteiger partial charge is 0.181 e. The Labute approximate surface area is 322 Å². The minimum Gasteiger partial charge on any atom is -0.399 e. The molecule has 0 saturated carbocycles. The molecular weight excluding hydrogens is 697 g/mol. The normalized spacial score (nSPS) is 13.9. The molecule has 2 aliphatic carbocycles. The second-order valence-electron chi connectivity index (χ2n) is 12.3. The predicted molar refractivity (Wildman–Crippen MR) is 211 cm³/mol. The second kappa shape index (κ2) is 22.1. The number of rotatable bonds is 7. The molecule has 0 radical (unpaired) electrons. The van der Waals surface area contributed by atoms with E-state index in [1.807, 2.05) is 76.2 Å². The van der Waals surface area contributed by atoms with Crippen LogP contribution in [0, 0.1) is 37.5 Å². The molecule has 13 nitrogen and oxygen atoms in total. The van der Waals surface area contributed by atoms with Crippen LogP contribution in [0.15, 0.2) is 76.1 Å². The van der Waals surface area contributed by atoms with Crippen LogP contribution in [0.3, 0.4) is 0 Å². The Morgan fingerprint density at radius 1 is 0.691 bits per heavy atom. The minimum absolute atomic E-state index is 0.178. The molecule has 4 heterocycles. The summed E-state index contributed by atoms with van der Waals surface area (Å²) in [6, 6.07) is 19.2. The summed E-state index contributed by atoms with van der Waals surface area (Å²) in [5.41, 5.74) is 11.0. The van der Waals surface area contributed by atoms with E-state index in [1.54, 1.807) is 6.07 Å². The molecule has 55 heavy (non-hydrogen) atoms. The van der Waals surface area contributed by atoms with Crippen LogP contribution in [0.25, 0.3) is 0 Å². The molecule has 0 aliphatic heterocycles. The van der Waals surface area contributed by atoms with E-state index in [0.717, 1.165) is 71.8 Å². The summed E-state index contributed by atoms with van der Waals surface area (Å²) in [5, 5.41) is 11.9. The molecule has 4 aromatic rings. The van der Waals surface area contributed by atoms with E-state index < -0.39 is 0 Å². The molecule has 13 heteroatoms. The fourth-order valence-electron chi connectivity index (χ4n) is 5.49. The molecule has 0 saturated heterocycles. The lowest BCUT2D eigenvalue weighted by atomic mass is 9.94. The van der Waals surface area contributed by atoms with Gasteiger partial charge in [-0.25, -0.2) is 20.8 Å². The first-order valence-electron chi connectivity index (χ1n) is 17.8. The predicted octanol–water partition coefficient (Wildman–Crippen LogP) is 5.87. The van der Waals surface area contributed by atoms with Gasteiger partial charge in [0, 0.05) is 17.8 Å². The number of pyridine rings is 4. The molecule has 2 N–H and O–H groups in total. The summed E-state index contributed by atoms with van der Waals surface area (Å²) in [6.07, 6.45) is 5.63. The first-order chi connectivity index (χ1) is 26.7. The molecule has 4 aromatic heterocycles. The van der Waals surface area contributed by atoms with Gasteiger partial charge in [0.15, 0.2) is 12.4 Å². The summed E-state index contributed by atoms with van der Waals surface area (Å²) in [7, 11) is 3.00. The number of nitrogens with two attached hydrogens (primary N) is 1. The van der Waals surface area contributed by atoms with Gasteiger partial charge in [-0.2, -0.15) is 0 Å². The number of aryl methyl sites for hydroxylation is 4. The molecule has 0 spiro atoms. The average molecular weight is 743 g/mol. The Kier molecular flexibility index (Phi) is 16.6. The molecular formula is C42H46N8O5. The molecule has 0 bridgehead atoms. The van der Waals surface area contributed by atoms with E-state index in [4.69, 9.17) is 15.6 Å². The van der Waals surface area contributed by atoms with Crippen LogP contribution in [0.5, 0.6) is 0 Å². The van der Waals surface area contributed by atoms with Crippen LogP contribution in [-0.4, -0.2) is 70.3 Å². The molecule has 284 valence electrons. The van der Waals surface area contributed by atoms with Crippen LogP contribution in [-0.2, 0) is 32.2 Å². The summed E-state index contributed by atoms with van der Waals surface area (Å²) in [5.74, 6) is 16.5. The van der Waals surface area contributed by atoms with Crippen LogP contribution in [0.1, 0.15) is 101 Å². The van der Waals surface area contributed by atoms with Crippen LogP contribution < -0.4 is 5.90 Å². The van der Waals surface area contributed by atoms with Crippen molar-refractivity contribution < 1.29 is 24.1 Å². The van der Waals surface area contributed by atoms with Gasteiger partial charge in [-0.3, -0.25) is 14.6 Å². The fourth-order valence-corrected chi connectivity index (χ4v) is 5.49. The topological polar surface area (TPSA) is 169 Å². The largest absolute Gasteiger partial charge is 0.399 e. The zero-order valence-electron chi connectivity index (χ0n) is 32.2. The van der Waals surface area contributed by atoms with Crippen molar-refractivity contribution >= 4 is 22.9 Å². The Balaban J connectivity index is 0.000000203. The number of hydrogen-bond donors (Lipinski definition) is 1. The zero-order valence-corrected chi connectivity index (χ0v) is 32.2. The lowest BCUT2D eigenvalue weighted by Gasteiger charge is -2.16. The molecule has 0 aromatic carbocycles. The SMILES string of the molecule is CO/N=C(\C)c1cccc(C#CCO/N=C2\CCCc3ccc(C)nc32)n1.CO/N=C(\C)c1cccc(C#CCON)n1.Cc1ccc2c(n1)C(=O)CCC2. The van der Waals surface area contributed by atoms with Gasteiger partial charge >= 0.3 is 0 Å². The summed E-state index contributed by atoms with van der Waals surface area (Å²) < 4.78 is 0. The summed E-state index contributed by atoms with van der Waals surface area (Å²) in [4.78, 5) is 48.1. The first kappa shape index (κ1) is 41.5. The third-order valence-electron chi connectivity index (χ3n) is 8.08. The lowest BCUT2D eigenvalue weighted by Crippen LogP contribution is -2.15. The zero-order chi connectivity index (χ0) is 39.4. The number of carbonyl (C=O) groups is 1. The van der Waals surface area contributed by atoms with E-state index in [-0.39, 0.29) is 19.0 Å². The van der Waals surface area contributed by atoms with E-state index in [9.17, 15) is 4.79 Å². The van der Waals surface area contributed by atoms with E-state index in [2.05, 4.69) is 74.8 Å². The average Bonchev–Trinajstić information content (AvgIpc) is 3.19. The van der Waals surface area contributed by atoms with Gasteiger partial charge in [-0.05, 0) is 119 Å². The maximum Gasteiger partial charge on any atom is 0.181 e. The van der Waals surface area contributed by atoms with Crippen molar-refractivity contribution in [3.05, 3.63) is 117 Å². The quantitative estimate of drug-likeness (QED) is 0.105. The number of Topliss-reactive ketones (excluding diaryl/α,β-unsaturated/α-hetero) is 1. The first-order valence-corrected chi connectivity index (χ1v) is 17.8. The van der Waals surface area contributed by atoms with E-state index in [0.29, 0.717) is 34.9 Å². The van der Waals surface area contributed by atoms with Crippen LogP contribution in [0.2, 0.25) is 0 Å². The highest BCUT2D eigenvalue weighted by atomic mass is 16.6. The van der Waals surface area contributed by atoms with Gasteiger partial charge in [0.25, 0.3) is 0 Å². The molecule has 0 amide bonds. The fraction of sp³-hybridized carbons (Fsp3) is 0.333. The maximum atomic E-state index is 11.4. The Morgan fingerprint density at radius 3 is 1.78 bits per heavy atom. The van der Waals surface area contributed by atoms with Gasteiger partial charge < -0.3 is 14.5 Å². The van der Waals surface area contributed by atoms with Crippen LogP contribution in [0.4, 0.5) is 0 Å². The molecule has 0 unspecified atom stereocenters. The second-order valence-corrected chi connectivity index (χ2v) is 12.3. The van der Waals surface area contributed by atoms with Gasteiger partial charge in [0.2, 0.25) is 0 Å². The number of ketones is 1. The Bertz CT molecular complexity index is 2160. The van der Waals surface area contributed by atoms with Crippen molar-refractivity contribution in [2.45, 2.75) is 66.2 Å². The van der Waals surface area contributed by atoms with Gasteiger partial charge in [-0.15, -0.1) is 0 Å². The van der Waals surface area contributed by atoms with Crippen molar-refractivity contribution in [1.82, 2.24) is 19.9 Å². The minimum atomic E-state index is 0.178. The van der Waals surface area contributed by atoms with Crippen molar-refractivity contribution in [3.8, 4) is 23.7 Å². The maximum absolute atomic E-state index is 11.4. The number of aromatic nitrogens is 4. The number of oxime groups is 3. The van der Waals surface area contributed by atoms with E-state index >= 15 is 0 Å². The van der Waals surface area contributed by atoms with Crippen molar-refractivity contribution in [2.75, 3.05) is 27.4 Å². The van der Waals surface area contributed by atoms with Crippen molar-refractivity contribution in [2.24, 2.45) is 21.4 Å². The number of carbonyl (C=O) groups excluding carboxylic acids is 1. The van der Waals surface area contributed by atoms with Crippen molar-refractivity contribution in [1.29, 1.82) is 0 Å². The molecule has 2 aliphatic rings. The lowest BCUT2D eigenvalue weighted by molar-refractivity contribution is 0.0967. The van der Waals surface area contributed by atoms with Crippen molar-refractivity contribution in [3.63, 3.8) is 0 Å². The third kappa shape index (κ3) is 13.3. The third-order valence-corrected chi connectivity index (χ3v) is 8.08. The molecule has 0 atom stereocenters.